The predicted octanol–water partition coefficient (Wildman–Crippen LogP) is 2.41. The number of esters is 2. The number of rotatable bonds is 8. The van der Waals surface area contributed by atoms with E-state index < -0.39 is 11.9 Å². The van der Waals surface area contributed by atoms with Gasteiger partial charge in [-0.05, 0) is 19.8 Å². The Bertz CT molecular complexity index is 471. The quantitative estimate of drug-likeness (QED) is 0.387. The minimum Gasteiger partial charge on any atom is -0.482 e. The van der Waals surface area contributed by atoms with Crippen LogP contribution in [0.5, 0.6) is 0 Å². The molecule has 0 aromatic heterocycles. The van der Waals surface area contributed by atoms with Gasteiger partial charge in [0.2, 0.25) is 5.76 Å². The maximum Gasteiger partial charge on any atom is 0.379 e. The number of cyclic esters (lactones) is 1. The zero-order valence-corrected chi connectivity index (χ0v) is 11.5. The van der Waals surface area contributed by atoms with Crippen LogP contribution in [0.2, 0.25) is 0 Å². The lowest BCUT2D eigenvalue weighted by molar-refractivity contribution is -0.138. The summed E-state index contributed by atoms with van der Waals surface area (Å²) in [5, 5.41) is 0. The summed E-state index contributed by atoms with van der Waals surface area (Å²) in [6, 6.07) is 0. The Kier molecular flexibility index (Phi) is 6.29. The smallest absolute Gasteiger partial charge is 0.379 e. The van der Waals surface area contributed by atoms with E-state index in [1.807, 2.05) is 0 Å². The van der Waals surface area contributed by atoms with Crippen molar-refractivity contribution >= 4 is 11.9 Å². The summed E-state index contributed by atoms with van der Waals surface area (Å²) < 4.78 is 15.2. The second-order valence-corrected chi connectivity index (χ2v) is 3.88. The first kappa shape index (κ1) is 15.8. The average molecular weight is 278 g/mol. The van der Waals surface area contributed by atoms with E-state index in [0.29, 0.717) is 18.4 Å². The molecule has 1 rings (SSSR count). The van der Waals surface area contributed by atoms with Crippen LogP contribution in [-0.4, -0.2) is 25.2 Å². The van der Waals surface area contributed by atoms with Gasteiger partial charge in [-0.1, -0.05) is 18.7 Å². The maximum absolute atomic E-state index is 11.7. The molecule has 0 radical (unpaired) electrons. The van der Waals surface area contributed by atoms with Crippen molar-refractivity contribution in [1.82, 2.24) is 0 Å². The van der Waals surface area contributed by atoms with Crippen LogP contribution < -0.4 is 0 Å². The Hall–Kier alpha value is -2.30. The second-order valence-electron chi connectivity index (χ2n) is 3.88. The Morgan fingerprint density at radius 1 is 1.35 bits per heavy atom. The molecule has 1 heterocycles. The highest BCUT2D eigenvalue weighted by Crippen LogP contribution is 2.30. The fourth-order valence-corrected chi connectivity index (χ4v) is 1.62. The van der Waals surface area contributed by atoms with E-state index in [4.69, 9.17) is 14.2 Å². The first-order valence-corrected chi connectivity index (χ1v) is 6.32. The van der Waals surface area contributed by atoms with Gasteiger partial charge in [0.15, 0.2) is 0 Å². The lowest BCUT2D eigenvalue weighted by Crippen LogP contribution is -2.04. The maximum atomic E-state index is 11.7. The molecule has 0 aliphatic carbocycles. The van der Waals surface area contributed by atoms with Crippen LogP contribution in [0, 0.1) is 0 Å². The monoisotopic (exact) mass is 278 g/mol. The fraction of sp³-hybridized carbons (Fsp3) is 0.333. The molecule has 1 aliphatic rings. The zero-order chi connectivity index (χ0) is 15.0. The summed E-state index contributed by atoms with van der Waals surface area (Å²) in [5.74, 6) is -0.880. The number of allylic oxidation sites excluding steroid dienone is 2. The highest BCUT2D eigenvalue weighted by molar-refractivity contribution is 5.94. The summed E-state index contributed by atoms with van der Waals surface area (Å²) in [6.45, 7) is 9.29. The molecule has 0 aromatic rings. The van der Waals surface area contributed by atoms with Gasteiger partial charge in [-0.2, -0.15) is 0 Å². The molecular formula is C15H18O5. The lowest BCUT2D eigenvalue weighted by atomic mass is 10.1. The molecule has 0 aromatic carbocycles. The summed E-state index contributed by atoms with van der Waals surface area (Å²) in [6.07, 6.45) is 5.52. The van der Waals surface area contributed by atoms with Gasteiger partial charge in [-0.25, -0.2) is 9.59 Å². The predicted molar refractivity (Wildman–Crippen MR) is 73.4 cm³/mol. The van der Waals surface area contributed by atoms with Gasteiger partial charge in [0.05, 0.1) is 12.7 Å². The van der Waals surface area contributed by atoms with E-state index in [1.54, 1.807) is 13.0 Å². The van der Waals surface area contributed by atoms with E-state index in [1.165, 1.54) is 6.08 Å². The third kappa shape index (κ3) is 4.12. The lowest BCUT2D eigenvalue weighted by Gasteiger charge is -2.04. The van der Waals surface area contributed by atoms with Crippen molar-refractivity contribution in [2.45, 2.75) is 19.8 Å². The van der Waals surface area contributed by atoms with Crippen molar-refractivity contribution in [1.29, 1.82) is 0 Å². The van der Waals surface area contributed by atoms with Crippen LogP contribution in [0.15, 0.2) is 48.5 Å². The van der Waals surface area contributed by atoms with Crippen LogP contribution in [0.25, 0.3) is 0 Å². The van der Waals surface area contributed by atoms with Crippen LogP contribution in [0.4, 0.5) is 0 Å². The van der Waals surface area contributed by atoms with E-state index in [9.17, 15) is 9.59 Å². The first-order chi connectivity index (χ1) is 9.63. The first-order valence-electron chi connectivity index (χ1n) is 6.32. The third-order valence-corrected chi connectivity index (χ3v) is 2.44. The normalized spacial score (nSPS) is 16.1. The molecule has 0 atom stereocenters. The van der Waals surface area contributed by atoms with Gasteiger partial charge in [0.25, 0.3) is 0 Å². The molecule has 1 aliphatic heterocycles. The summed E-state index contributed by atoms with van der Waals surface area (Å²) in [5.41, 5.74) is 0.546. The average Bonchev–Trinajstić information content (AvgIpc) is 2.69. The molecule has 0 N–H and O–H groups in total. The minimum atomic E-state index is -0.610. The molecule has 0 fully saturated rings. The Morgan fingerprint density at radius 3 is 2.70 bits per heavy atom. The molecule has 108 valence electrons. The third-order valence-electron chi connectivity index (χ3n) is 2.44. The van der Waals surface area contributed by atoms with Crippen LogP contribution in [0.3, 0.4) is 0 Å². The number of carbonyl (C=O) groups is 2. The second kappa shape index (κ2) is 7.99. The molecule has 0 amide bonds. The summed E-state index contributed by atoms with van der Waals surface area (Å²) in [7, 11) is 0. The summed E-state index contributed by atoms with van der Waals surface area (Å²) in [4.78, 5) is 23.2. The van der Waals surface area contributed by atoms with Gasteiger partial charge in [0, 0.05) is 5.57 Å². The summed E-state index contributed by atoms with van der Waals surface area (Å²) >= 11 is 0. The van der Waals surface area contributed by atoms with E-state index in [-0.39, 0.29) is 24.7 Å². The highest BCUT2D eigenvalue weighted by atomic mass is 16.6. The van der Waals surface area contributed by atoms with Crippen molar-refractivity contribution in [3.8, 4) is 0 Å². The van der Waals surface area contributed by atoms with E-state index in [0.717, 1.165) is 6.08 Å². The molecular weight excluding hydrogens is 260 g/mol. The Balaban J connectivity index is 3.01. The largest absolute Gasteiger partial charge is 0.482 e. The van der Waals surface area contributed by atoms with Gasteiger partial charge in [-0.15, -0.1) is 6.58 Å². The minimum absolute atomic E-state index is 0.113. The van der Waals surface area contributed by atoms with Gasteiger partial charge in [0.1, 0.15) is 12.4 Å². The van der Waals surface area contributed by atoms with Crippen molar-refractivity contribution in [3.63, 3.8) is 0 Å². The van der Waals surface area contributed by atoms with Crippen LogP contribution >= 0.6 is 0 Å². The molecule has 5 nitrogen and oxygen atoms in total. The van der Waals surface area contributed by atoms with Crippen molar-refractivity contribution < 1.29 is 23.8 Å². The van der Waals surface area contributed by atoms with E-state index in [2.05, 4.69) is 13.2 Å². The van der Waals surface area contributed by atoms with Crippen LogP contribution in [0.1, 0.15) is 19.8 Å². The molecule has 20 heavy (non-hydrogen) atoms. The van der Waals surface area contributed by atoms with Crippen molar-refractivity contribution in [3.05, 3.63) is 48.5 Å². The van der Waals surface area contributed by atoms with Crippen molar-refractivity contribution in [2.75, 3.05) is 13.2 Å². The number of hydrogen-bond acceptors (Lipinski definition) is 5. The molecule has 0 saturated heterocycles. The molecule has 0 bridgehead atoms. The zero-order valence-electron chi connectivity index (χ0n) is 11.5. The Labute approximate surface area is 118 Å². The van der Waals surface area contributed by atoms with Gasteiger partial charge >= 0.3 is 11.9 Å². The number of ether oxygens (including phenoxy) is 3. The number of hydrogen-bond donors (Lipinski definition) is 0. The fourth-order valence-electron chi connectivity index (χ4n) is 1.62. The molecule has 0 spiro atoms. The van der Waals surface area contributed by atoms with Crippen LogP contribution in [-0.2, 0) is 23.8 Å². The molecule has 5 heteroatoms. The SMILES string of the molecule is C=CCCC1=C(OCC=C)C(=O)O/C1=C\C(=O)OCC. The Morgan fingerprint density at radius 2 is 2.10 bits per heavy atom. The molecule has 0 saturated carbocycles. The standard InChI is InChI=1S/C15H18O5/c1-4-7-8-11-12(10-13(16)18-6-3)20-15(17)14(11)19-9-5-2/h4-5,10H,1-2,6-9H2,3H3/b12-10-. The van der Waals surface area contributed by atoms with Gasteiger partial charge in [-0.3, -0.25) is 0 Å². The molecule has 0 unspecified atom stereocenters. The number of carbonyl (C=O) groups excluding carboxylic acids is 2. The van der Waals surface area contributed by atoms with E-state index >= 15 is 0 Å². The van der Waals surface area contributed by atoms with Gasteiger partial charge < -0.3 is 14.2 Å². The van der Waals surface area contributed by atoms with Crippen molar-refractivity contribution in [2.24, 2.45) is 0 Å². The highest BCUT2D eigenvalue weighted by Gasteiger charge is 2.31. The topological polar surface area (TPSA) is 61.8 Å².